The van der Waals surface area contributed by atoms with Crippen LogP contribution in [0.2, 0.25) is 0 Å². The number of rotatable bonds is 3. The van der Waals surface area contributed by atoms with Gasteiger partial charge in [-0.2, -0.15) is 0 Å². The van der Waals surface area contributed by atoms with Crippen molar-refractivity contribution in [2.24, 2.45) is 5.73 Å². The molecule has 0 bridgehead atoms. The second-order valence-electron chi connectivity index (χ2n) is 5.08. The molecular weight excluding hydrogens is 268 g/mol. The van der Waals surface area contributed by atoms with Crippen molar-refractivity contribution in [1.29, 1.82) is 0 Å². The molecule has 106 valence electrons. The summed E-state index contributed by atoms with van der Waals surface area (Å²) >= 11 is 0. The molecule has 0 aliphatic rings. The lowest BCUT2D eigenvalue weighted by Gasteiger charge is -2.15. The minimum absolute atomic E-state index is 0.264. The van der Waals surface area contributed by atoms with E-state index in [4.69, 9.17) is 5.73 Å². The second kappa shape index (κ2) is 5.62. The monoisotopic (exact) mass is 283 g/mol. The van der Waals surface area contributed by atoms with Crippen molar-refractivity contribution in [3.8, 4) is 0 Å². The minimum atomic E-state index is -0.382. The zero-order chi connectivity index (χ0) is 14.8. The first-order chi connectivity index (χ1) is 10.2. The highest BCUT2D eigenvalue weighted by atomic mass is 19.1. The van der Waals surface area contributed by atoms with Gasteiger partial charge in [0.05, 0.1) is 0 Å². The van der Waals surface area contributed by atoms with E-state index >= 15 is 0 Å². The van der Waals surface area contributed by atoms with E-state index in [0.717, 1.165) is 10.9 Å². The third-order valence-electron chi connectivity index (χ3n) is 3.70. The summed E-state index contributed by atoms with van der Waals surface area (Å²) in [7, 11) is 0. The van der Waals surface area contributed by atoms with Gasteiger partial charge in [-0.15, -0.1) is 0 Å². The van der Waals surface area contributed by atoms with Gasteiger partial charge in [0, 0.05) is 11.4 Å². The molecule has 0 radical (unpaired) electrons. The van der Waals surface area contributed by atoms with Crippen LogP contribution < -0.4 is 5.73 Å². The minimum Gasteiger partial charge on any atom is -0.324 e. The largest absolute Gasteiger partial charge is 0.324 e. The summed E-state index contributed by atoms with van der Waals surface area (Å²) < 4.78 is 27.5. The van der Waals surface area contributed by atoms with E-state index in [1.807, 2.05) is 12.1 Å². The Hall–Kier alpha value is -2.26. The second-order valence-corrected chi connectivity index (χ2v) is 5.08. The highest BCUT2D eigenvalue weighted by Crippen LogP contribution is 2.27. The number of nitrogens with two attached hydrogens (primary N) is 1. The molecule has 1 unspecified atom stereocenters. The summed E-state index contributed by atoms with van der Waals surface area (Å²) in [5.41, 5.74) is 7.62. The summed E-state index contributed by atoms with van der Waals surface area (Å²) in [4.78, 5) is 0. The maximum Gasteiger partial charge on any atom is 0.131 e. The van der Waals surface area contributed by atoms with Crippen molar-refractivity contribution < 1.29 is 8.78 Å². The van der Waals surface area contributed by atoms with Gasteiger partial charge in [-0.25, -0.2) is 8.78 Å². The van der Waals surface area contributed by atoms with Crippen LogP contribution in [0.4, 0.5) is 8.78 Å². The van der Waals surface area contributed by atoms with Crippen molar-refractivity contribution in [2.75, 3.05) is 0 Å². The first kappa shape index (κ1) is 13.7. The highest BCUT2D eigenvalue weighted by Gasteiger charge is 2.14. The Morgan fingerprint density at radius 1 is 0.762 bits per heavy atom. The number of hydrogen-bond acceptors (Lipinski definition) is 1. The summed E-state index contributed by atoms with van der Waals surface area (Å²) in [6.07, 6.45) is 0.377. The fraction of sp³-hybridized carbons (Fsp3) is 0.111. The van der Waals surface area contributed by atoms with Crippen LogP contribution in [0.15, 0.2) is 60.7 Å². The van der Waals surface area contributed by atoms with Crippen molar-refractivity contribution in [2.45, 2.75) is 12.5 Å². The smallest absolute Gasteiger partial charge is 0.131 e. The van der Waals surface area contributed by atoms with E-state index in [1.54, 1.807) is 36.4 Å². The van der Waals surface area contributed by atoms with Crippen LogP contribution in [0.1, 0.15) is 17.2 Å². The molecule has 0 aliphatic carbocycles. The number of benzene rings is 3. The molecule has 21 heavy (non-hydrogen) atoms. The number of fused-ring (bicyclic) bond motifs is 1. The van der Waals surface area contributed by atoms with Gasteiger partial charge in [-0.1, -0.05) is 48.5 Å². The van der Waals surface area contributed by atoms with Crippen molar-refractivity contribution in [1.82, 2.24) is 0 Å². The van der Waals surface area contributed by atoms with E-state index in [9.17, 15) is 8.78 Å². The van der Waals surface area contributed by atoms with Gasteiger partial charge < -0.3 is 5.73 Å². The van der Waals surface area contributed by atoms with E-state index in [1.165, 1.54) is 12.1 Å². The zero-order valence-corrected chi connectivity index (χ0v) is 11.4. The number of halogens is 2. The van der Waals surface area contributed by atoms with E-state index in [0.29, 0.717) is 17.4 Å². The first-order valence-corrected chi connectivity index (χ1v) is 6.83. The predicted molar refractivity (Wildman–Crippen MR) is 80.9 cm³/mol. The fourth-order valence-corrected chi connectivity index (χ4v) is 2.62. The topological polar surface area (TPSA) is 26.0 Å². The standard InChI is InChI=1S/C18H15F2N/c19-16-8-4-1-5-12(16)11-18(21)15-9-10-17(20)14-7-3-2-6-13(14)15/h1-10,18H,11,21H2. The molecule has 3 aromatic carbocycles. The van der Waals surface area contributed by atoms with Crippen molar-refractivity contribution >= 4 is 10.8 Å². The molecule has 1 atom stereocenters. The molecule has 0 fully saturated rings. The van der Waals surface area contributed by atoms with Gasteiger partial charge >= 0.3 is 0 Å². The summed E-state index contributed by atoms with van der Waals surface area (Å²) in [6.45, 7) is 0. The Bertz CT molecular complexity index is 783. The third kappa shape index (κ3) is 2.65. The van der Waals surface area contributed by atoms with E-state index < -0.39 is 0 Å². The average Bonchev–Trinajstić information content (AvgIpc) is 2.50. The molecule has 3 heteroatoms. The Morgan fingerprint density at radius 2 is 1.43 bits per heavy atom. The predicted octanol–water partition coefficient (Wildman–Crippen LogP) is 4.36. The van der Waals surface area contributed by atoms with Crippen LogP contribution in [-0.4, -0.2) is 0 Å². The van der Waals surface area contributed by atoms with Crippen LogP contribution in [-0.2, 0) is 6.42 Å². The quantitative estimate of drug-likeness (QED) is 0.759. The molecule has 2 N–H and O–H groups in total. The summed E-state index contributed by atoms with van der Waals surface area (Å²) in [5, 5.41) is 1.32. The molecular formula is C18H15F2N. The molecule has 0 spiro atoms. The van der Waals surface area contributed by atoms with Gasteiger partial charge in [0.15, 0.2) is 0 Å². The molecule has 0 saturated heterocycles. The Balaban J connectivity index is 2.01. The molecule has 3 rings (SSSR count). The van der Waals surface area contributed by atoms with Gasteiger partial charge in [-0.05, 0) is 35.1 Å². The Kier molecular flexibility index (Phi) is 3.67. The SMILES string of the molecule is NC(Cc1ccccc1F)c1ccc(F)c2ccccc12. The number of hydrogen-bond donors (Lipinski definition) is 1. The molecule has 1 nitrogen and oxygen atoms in total. The van der Waals surface area contributed by atoms with Crippen LogP contribution in [0, 0.1) is 11.6 Å². The molecule has 0 aromatic heterocycles. The van der Waals surface area contributed by atoms with Crippen molar-refractivity contribution in [3.05, 3.63) is 83.4 Å². The van der Waals surface area contributed by atoms with Crippen LogP contribution in [0.5, 0.6) is 0 Å². The lowest BCUT2D eigenvalue weighted by molar-refractivity contribution is 0.593. The molecule has 3 aromatic rings. The van der Waals surface area contributed by atoms with Gasteiger partial charge in [0.2, 0.25) is 0 Å². The van der Waals surface area contributed by atoms with Crippen LogP contribution in [0.3, 0.4) is 0 Å². The summed E-state index contributed by atoms with van der Waals surface area (Å²) in [6, 6.07) is 16.5. The average molecular weight is 283 g/mol. The van der Waals surface area contributed by atoms with Crippen molar-refractivity contribution in [3.63, 3.8) is 0 Å². The lowest BCUT2D eigenvalue weighted by atomic mass is 9.94. The summed E-state index contributed by atoms with van der Waals surface area (Å²) in [5.74, 6) is -0.535. The maximum atomic E-state index is 13.8. The third-order valence-corrected chi connectivity index (χ3v) is 3.70. The first-order valence-electron chi connectivity index (χ1n) is 6.83. The van der Waals surface area contributed by atoms with E-state index in [2.05, 4.69) is 0 Å². The molecule has 0 aliphatic heterocycles. The normalized spacial score (nSPS) is 12.5. The molecule has 0 heterocycles. The van der Waals surface area contributed by atoms with Crippen LogP contribution in [0.25, 0.3) is 10.8 Å². The maximum absolute atomic E-state index is 13.8. The van der Waals surface area contributed by atoms with Gasteiger partial charge in [0.25, 0.3) is 0 Å². The Morgan fingerprint density at radius 3 is 2.19 bits per heavy atom. The van der Waals surface area contributed by atoms with Gasteiger partial charge in [0.1, 0.15) is 11.6 Å². The lowest BCUT2D eigenvalue weighted by Crippen LogP contribution is -2.14. The Labute approximate surface area is 122 Å². The molecule has 0 amide bonds. The fourth-order valence-electron chi connectivity index (χ4n) is 2.62. The van der Waals surface area contributed by atoms with Crippen LogP contribution >= 0.6 is 0 Å². The van der Waals surface area contributed by atoms with Gasteiger partial charge in [-0.3, -0.25) is 0 Å². The van der Waals surface area contributed by atoms with E-state index in [-0.39, 0.29) is 17.7 Å². The zero-order valence-electron chi connectivity index (χ0n) is 11.4. The molecule has 0 saturated carbocycles. The highest BCUT2D eigenvalue weighted by molar-refractivity contribution is 5.86.